The molecule has 6 rings (SSSR count). The number of methoxy groups -OCH3 is 1. The topological polar surface area (TPSA) is 182 Å². The van der Waals surface area contributed by atoms with Crippen molar-refractivity contribution in [3.8, 4) is 11.8 Å². The van der Waals surface area contributed by atoms with Crippen LogP contribution in [0.25, 0.3) is 10.8 Å². The fourth-order valence-electron chi connectivity index (χ4n) is 7.71. The van der Waals surface area contributed by atoms with Gasteiger partial charge >= 0.3 is 6.09 Å². The maximum atomic E-state index is 14.8. The quantitative estimate of drug-likeness (QED) is 0.323. The molecule has 17 heteroatoms. The molecule has 1 saturated heterocycles. The molecule has 4 aliphatic rings. The van der Waals surface area contributed by atoms with E-state index in [2.05, 4.69) is 20.3 Å². The van der Waals surface area contributed by atoms with Crippen molar-refractivity contribution in [3.63, 3.8) is 0 Å². The first kappa shape index (κ1) is 41.1. The molecule has 2 aromatic rings. The van der Waals surface area contributed by atoms with Crippen molar-refractivity contribution in [2.45, 2.75) is 114 Å². The molecule has 3 N–H and O–H groups in total. The molecular weight excluding hydrogens is 753 g/mol. The molecule has 1 aromatic carbocycles. The number of hydrogen-bond acceptors (Lipinski definition) is 10. The number of benzene rings is 1. The summed E-state index contributed by atoms with van der Waals surface area (Å²) in [6, 6.07) is 3.19. The molecule has 306 valence electrons. The number of aromatic nitrogens is 1. The lowest BCUT2D eigenvalue weighted by Crippen LogP contribution is -2.59. The summed E-state index contributed by atoms with van der Waals surface area (Å²) in [5, 5.41) is 6.43. The molecule has 0 radical (unpaired) electrons. The lowest BCUT2D eigenvalue weighted by atomic mass is 9.88. The van der Waals surface area contributed by atoms with Crippen LogP contribution in [0.15, 0.2) is 36.4 Å². The minimum Gasteiger partial charge on any atom is -0.481 e. The molecule has 3 heterocycles. The number of pyridine rings is 1. The van der Waals surface area contributed by atoms with Gasteiger partial charge in [0, 0.05) is 23.8 Å². The molecule has 0 bridgehead atoms. The van der Waals surface area contributed by atoms with Crippen LogP contribution < -0.4 is 24.8 Å². The second-order valence-electron chi connectivity index (χ2n) is 16.8. The fourth-order valence-corrected chi connectivity index (χ4v) is 9.14. The third kappa shape index (κ3) is 8.56. The van der Waals surface area contributed by atoms with Gasteiger partial charge in [0.1, 0.15) is 46.6 Å². The summed E-state index contributed by atoms with van der Waals surface area (Å²) < 4.78 is 72.0. The van der Waals surface area contributed by atoms with Gasteiger partial charge in [-0.3, -0.25) is 19.1 Å². The molecule has 1 aromatic heterocycles. The van der Waals surface area contributed by atoms with Crippen LogP contribution in [-0.2, 0) is 29.1 Å². The van der Waals surface area contributed by atoms with Crippen LogP contribution in [0.4, 0.5) is 13.6 Å². The number of amides is 4. The number of rotatable bonds is 8. The average molecular weight is 804 g/mol. The van der Waals surface area contributed by atoms with E-state index in [1.165, 1.54) is 30.2 Å². The zero-order valence-electron chi connectivity index (χ0n) is 32.5. The third-order valence-corrected chi connectivity index (χ3v) is 13.3. The van der Waals surface area contributed by atoms with Gasteiger partial charge in [0.2, 0.25) is 33.6 Å². The summed E-state index contributed by atoms with van der Waals surface area (Å²) >= 11 is 0. The number of sulfonamides is 1. The van der Waals surface area contributed by atoms with Gasteiger partial charge in [0.05, 0.1) is 13.7 Å². The molecule has 2 saturated carbocycles. The Balaban J connectivity index is 1.36. The number of halogens is 2. The zero-order chi connectivity index (χ0) is 40.8. The Labute approximate surface area is 325 Å². The predicted molar refractivity (Wildman–Crippen MR) is 201 cm³/mol. The van der Waals surface area contributed by atoms with E-state index in [-0.39, 0.29) is 49.9 Å². The van der Waals surface area contributed by atoms with E-state index in [1.54, 1.807) is 32.9 Å². The molecule has 14 nitrogen and oxygen atoms in total. The van der Waals surface area contributed by atoms with Crippen LogP contribution in [0.2, 0.25) is 0 Å². The van der Waals surface area contributed by atoms with Crippen LogP contribution in [-0.4, -0.2) is 96.5 Å². The normalized spacial score (nSPS) is 29.2. The maximum absolute atomic E-state index is 14.8. The number of ether oxygens (including phenoxy) is 3. The van der Waals surface area contributed by atoms with Crippen LogP contribution >= 0.6 is 0 Å². The molecule has 2 aliphatic heterocycles. The summed E-state index contributed by atoms with van der Waals surface area (Å²) in [4.78, 5) is 62.0. The second kappa shape index (κ2) is 15.4. The molecule has 56 heavy (non-hydrogen) atoms. The van der Waals surface area contributed by atoms with Crippen LogP contribution in [0.1, 0.15) is 79.6 Å². The Kier molecular flexibility index (Phi) is 11.3. The molecule has 0 spiro atoms. The van der Waals surface area contributed by atoms with E-state index in [4.69, 9.17) is 14.2 Å². The molecule has 3 fully saturated rings. The van der Waals surface area contributed by atoms with E-state index in [9.17, 15) is 36.4 Å². The molecule has 7 unspecified atom stereocenters. The highest BCUT2D eigenvalue weighted by molar-refractivity contribution is 7.91. The summed E-state index contributed by atoms with van der Waals surface area (Å²) in [6.45, 7) is 7.66. The number of fused-ring (bicyclic) bond motifs is 3. The summed E-state index contributed by atoms with van der Waals surface area (Å²) in [7, 11) is -3.02. The van der Waals surface area contributed by atoms with Crippen molar-refractivity contribution in [2.75, 3.05) is 20.3 Å². The van der Waals surface area contributed by atoms with Gasteiger partial charge in [0.15, 0.2) is 0 Å². The van der Waals surface area contributed by atoms with Gasteiger partial charge < -0.3 is 29.7 Å². The number of carbonyl (C=O) groups excluding carboxylic acids is 4. The van der Waals surface area contributed by atoms with Gasteiger partial charge in [-0.1, -0.05) is 26.0 Å². The molecular formula is C39H51F2N5O9S. The zero-order valence-corrected chi connectivity index (χ0v) is 33.3. The number of nitrogens with zero attached hydrogens (tertiary/aromatic N) is 2. The van der Waals surface area contributed by atoms with Crippen molar-refractivity contribution in [1.29, 1.82) is 0 Å². The molecule has 4 amide bonds. The first-order chi connectivity index (χ1) is 26.3. The highest BCUT2D eigenvalue weighted by Crippen LogP contribution is 2.48. The number of alkyl halides is 1. The Morgan fingerprint density at radius 2 is 1.86 bits per heavy atom. The van der Waals surface area contributed by atoms with Crippen molar-refractivity contribution < 1.29 is 50.6 Å². The lowest BCUT2D eigenvalue weighted by Gasteiger charge is -2.33. The Morgan fingerprint density at radius 3 is 2.52 bits per heavy atom. The van der Waals surface area contributed by atoms with Crippen molar-refractivity contribution in [3.05, 3.63) is 42.2 Å². The monoisotopic (exact) mass is 803 g/mol. The van der Waals surface area contributed by atoms with Gasteiger partial charge in [-0.2, -0.15) is 4.98 Å². The highest BCUT2D eigenvalue weighted by atomic mass is 32.2. The van der Waals surface area contributed by atoms with Crippen LogP contribution in [0, 0.1) is 23.6 Å². The number of carbonyl (C=O) groups is 4. The first-order valence-electron chi connectivity index (χ1n) is 19.0. The highest BCUT2D eigenvalue weighted by Gasteiger charge is 2.64. The summed E-state index contributed by atoms with van der Waals surface area (Å²) in [5.41, 5.74) is -2.56. The van der Waals surface area contributed by atoms with E-state index >= 15 is 0 Å². The van der Waals surface area contributed by atoms with Crippen molar-refractivity contribution >= 4 is 44.6 Å². The number of nitrogens with one attached hydrogen (secondary N) is 3. The Bertz CT molecular complexity index is 2020. The first-order valence-corrected chi connectivity index (χ1v) is 20.5. The summed E-state index contributed by atoms with van der Waals surface area (Å²) in [6.07, 6.45) is 3.94. The van der Waals surface area contributed by atoms with E-state index in [1.807, 2.05) is 19.9 Å². The molecule has 2 aliphatic carbocycles. The van der Waals surface area contributed by atoms with Gasteiger partial charge in [0.25, 0.3) is 5.91 Å². The number of alkyl carbamates (subject to hydrolysis) is 1. The van der Waals surface area contributed by atoms with Gasteiger partial charge in [-0.05, 0) is 94.7 Å². The smallest absolute Gasteiger partial charge is 0.408 e. The third-order valence-electron chi connectivity index (χ3n) is 11.2. The average Bonchev–Trinajstić information content (AvgIpc) is 4.02. The van der Waals surface area contributed by atoms with E-state index in [0.29, 0.717) is 30.0 Å². The molecule has 7 atom stereocenters. The minimum absolute atomic E-state index is 0.0663. The number of hydrogen-bond donors (Lipinski definition) is 3. The van der Waals surface area contributed by atoms with Crippen molar-refractivity contribution in [2.24, 2.45) is 17.8 Å². The van der Waals surface area contributed by atoms with Crippen LogP contribution in [0.5, 0.6) is 11.8 Å². The largest absolute Gasteiger partial charge is 0.481 e. The van der Waals surface area contributed by atoms with Gasteiger partial charge in [-0.15, -0.1) is 0 Å². The summed E-state index contributed by atoms with van der Waals surface area (Å²) in [5.74, 6) is -3.51. The van der Waals surface area contributed by atoms with E-state index in [0.717, 1.165) is 0 Å². The standard InChI is InChI=1S/C39H51F2N5O9S/c1-22-9-7-8-10-25-19-39(25,35(49)45-56(51,52)38(21-40)13-14-38)44-32(47)29-18-27(54-33-28-12-11-26(41)16-24(28)17-30(42-33)53-6)20-46(29)34(48)31(23(2)15-22)43-36(50)55-37(3,4)5/h8,10-12,16-17,22-23,25,27,29,31H,7,9,13-15,18-21H2,1-6H3,(H,43,50)(H,44,47)(H,45,49). The Morgan fingerprint density at radius 1 is 1.12 bits per heavy atom. The minimum atomic E-state index is -4.41. The Hall–Kier alpha value is -4.54. The van der Waals surface area contributed by atoms with Gasteiger partial charge in [-0.25, -0.2) is 22.0 Å². The maximum Gasteiger partial charge on any atom is 0.408 e. The fraction of sp³-hybridized carbons (Fsp3) is 0.615. The second-order valence-corrected chi connectivity index (χ2v) is 18.9. The van der Waals surface area contributed by atoms with Crippen LogP contribution in [0.3, 0.4) is 0 Å². The van der Waals surface area contributed by atoms with Crippen molar-refractivity contribution in [1.82, 2.24) is 25.2 Å². The lowest BCUT2D eigenvalue weighted by molar-refractivity contribution is -0.142. The number of allylic oxidation sites excluding steroid dienone is 1. The predicted octanol–water partition coefficient (Wildman–Crippen LogP) is 4.46. The van der Waals surface area contributed by atoms with E-state index < -0.39 is 92.2 Å². The SMILES string of the molecule is COc1cc2cc(F)ccc2c(OC2CC3C(=O)NC4(C(=O)NS(=O)(=O)C5(CF)CC5)CC4C=CCCC(C)CC(C)C(NC(=O)OC(C)(C)C)C(=O)N3C2)n1.